The topological polar surface area (TPSA) is 44.8 Å². The molecule has 2 aromatic rings. The Balaban J connectivity index is 2.06. The molecule has 0 heterocycles. The van der Waals surface area contributed by atoms with E-state index in [4.69, 9.17) is 14.2 Å². The molecule has 27 heavy (non-hydrogen) atoms. The fraction of sp³-hybridized carbons (Fsp3) is 0.348. The zero-order chi connectivity index (χ0) is 19.6. The number of hydrogen-bond acceptors (Lipinski definition) is 4. The fourth-order valence-electron chi connectivity index (χ4n) is 2.65. The summed E-state index contributed by atoms with van der Waals surface area (Å²) in [5, 5.41) is 0. The normalized spacial score (nSPS) is 10.8. The number of hydrogen-bond donors (Lipinski definition) is 0. The van der Waals surface area contributed by atoms with Gasteiger partial charge in [0.2, 0.25) is 0 Å². The third-order valence-electron chi connectivity index (χ3n) is 3.85. The number of aryl methyl sites for hydroxylation is 2. The lowest BCUT2D eigenvalue weighted by Gasteiger charge is -2.12. The summed E-state index contributed by atoms with van der Waals surface area (Å²) in [7, 11) is 0. The van der Waals surface area contributed by atoms with Crippen molar-refractivity contribution in [2.24, 2.45) is 0 Å². The molecule has 0 atom stereocenters. The molecule has 144 valence electrons. The molecule has 4 heteroatoms. The van der Waals surface area contributed by atoms with Crippen molar-refractivity contribution in [3.63, 3.8) is 0 Å². The van der Waals surface area contributed by atoms with Gasteiger partial charge in [-0.05, 0) is 74.2 Å². The van der Waals surface area contributed by atoms with E-state index in [2.05, 4.69) is 6.92 Å². The molecular formula is C23H28O4. The van der Waals surface area contributed by atoms with Crippen molar-refractivity contribution in [3.8, 4) is 17.2 Å². The Morgan fingerprint density at radius 2 is 1.70 bits per heavy atom. The molecular weight excluding hydrogens is 340 g/mol. The molecule has 2 aromatic carbocycles. The molecule has 0 aliphatic carbocycles. The largest absolute Gasteiger partial charge is 0.490 e. The first-order valence-corrected chi connectivity index (χ1v) is 9.39. The number of benzene rings is 2. The van der Waals surface area contributed by atoms with Gasteiger partial charge >= 0.3 is 5.97 Å². The van der Waals surface area contributed by atoms with Crippen LogP contribution in [0.3, 0.4) is 0 Å². The van der Waals surface area contributed by atoms with E-state index in [1.54, 1.807) is 6.08 Å². The number of unbranched alkanes of at least 4 members (excludes halogenated alkanes) is 1. The van der Waals surface area contributed by atoms with Gasteiger partial charge in [0.1, 0.15) is 5.75 Å². The highest BCUT2D eigenvalue weighted by Crippen LogP contribution is 2.29. The molecule has 0 aliphatic heterocycles. The summed E-state index contributed by atoms with van der Waals surface area (Å²) < 4.78 is 16.8. The molecule has 0 aromatic heterocycles. The number of carbonyl (C=O) groups excluding carboxylic acids is 1. The molecule has 0 N–H and O–H groups in total. The first-order valence-electron chi connectivity index (χ1n) is 9.39. The lowest BCUT2D eigenvalue weighted by Crippen LogP contribution is -2.04. The smallest absolute Gasteiger partial charge is 0.336 e. The third kappa shape index (κ3) is 6.81. The molecule has 0 saturated carbocycles. The van der Waals surface area contributed by atoms with E-state index in [9.17, 15) is 4.79 Å². The maximum absolute atomic E-state index is 12.1. The predicted octanol–water partition coefficient (Wildman–Crippen LogP) is 5.50. The Kier molecular flexibility index (Phi) is 7.93. The number of carbonyl (C=O) groups is 1. The first-order chi connectivity index (χ1) is 13.0. The summed E-state index contributed by atoms with van der Waals surface area (Å²) in [5.74, 6) is 1.54. The summed E-state index contributed by atoms with van der Waals surface area (Å²) in [4.78, 5) is 12.1. The van der Waals surface area contributed by atoms with Gasteiger partial charge in [-0.3, -0.25) is 0 Å². The second kappa shape index (κ2) is 10.4. The van der Waals surface area contributed by atoms with Crippen LogP contribution in [0.25, 0.3) is 6.08 Å². The Hall–Kier alpha value is -2.75. The van der Waals surface area contributed by atoms with E-state index < -0.39 is 5.97 Å². The predicted molar refractivity (Wildman–Crippen MR) is 109 cm³/mol. The minimum atomic E-state index is -0.416. The Bertz CT molecular complexity index is 773. The van der Waals surface area contributed by atoms with Gasteiger partial charge < -0.3 is 14.2 Å². The van der Waals surface area contributed by atoms with Crippen molar-refractivity contribution >= 4 is 12.0 Å². The highest BCUT2D eigenvalue weighted by atomic mass is 16.5. The summed E-state index contributed by atoms with van der Waals surface area (Å²) >= 11 is 0. The quantitative estimate of drug-likeness (QED) is 0.254. The van der Waals surface area contributed by atoms with Crippen LogP contribution >= 0.6 is 0 Å². The van der Waals surface area contributed by atoms with Gasteiger partial charge in [-0.15, -0.1) is 0 Å². The first kappa shape index (κ1) is 20.6. The maximum Gasteiger partial charge on any atom is 0.336 e. The SMILES string of the molecule is CCCCOc1ccc(/C=C/C(=O)Oc2cc(C)cc(C)c2)cc1OCC. The van der Waals surface area contributed by atoms with Crippen LogP contribution < -0.4 is 14.2 Å². The highest BCUT2D eigenvalue weighted by molar-refractivity contribution is 5.88. The van der Waals surface area contributed by atoms with Crippen LogP contribution in [0.4, 0.5) is 0 Å². The zero-order valence-electron chi connectivity index (χ0n) is 16.6. The molecule has 0 unspecified atom stereocenters. The highest BCUT2D eigenvalue weighted by Gasteiger charge is 2.07. The monoisotopic (exact) mass is 368 g/mol. The lowest BCUT2D eigenvalue weighted by atomic mass is 10.1. The summed E-state index contributed by atoms with van der Waals surface area (Å²) in [6.07, 6.45) is 5.20. The van der Waals surface area contributed by atoms with Gasteiger partial charge in [0, 0.05) is 6.08 Å². The van der Waals surface area contributed by atoms with Crippen LogP contribution in [0.15, 0.2) is 42.5 Å². The molecule has 0 radical (unpaired) electrons. The fourth-order valence-corrected chi connectivity index (χ4v) is 2.65. The van der Waals surface area contributed by atoms with Crippen LogP contribution in [-0.4, -0.2) is 19.2 Å². The van der Waals surface area contributed by atoms with Gasteiger partial charge in [-0.25, -0.2) is 4.79 Å². The molecule has 4 nitrogen and oxygen atoms in total. The average Bonchev–Trinajstić information content (AvgIpc) is 2.61. The third-order valence-corrected chi connectivity index (χ3v) is 3.85. The summed E-state index contributed by atoms with van der Waals surface area (Å²) in [6.45, 7) is 9.20. The zero-order valence-corrected chi connectivity index (χ0v) is 16.6. The summed E-state index contributed by atoms with van der Waals surface area (Å²) in [5.41, 5.74) is 2.96. The van der Waals surface area contributed by atoms with Crippen molar-refractivity contribution in [2.45, 2.75) is 40.5 Å². The van der Waals surface area contributed by atoms with Gasteiger partial charge in [-0.2, -0.15) is 0 Å². The standard InChI is InChI=1S/C23H28O4/c1-5-7-12-26-21-10-8-19(16-22(21)25-6-2)9-11-23(24)27-20-14-17(3)13-18(4)15-20/h8-11,13-16H,5-7,12H2,1-4H3/b11-9+. The maximum atomic E-state index is 12.1. The van der Waals surface area contributed by atoms with Gasteiger partial charge in [0.25, 0.3) is 0 Å². The van der Waals surface area contributed by atoms with Crippen molar-refractivity contribution in [1.29, 1.82) is 0 Å². The van der Waals surface area contributed by atoms with E-state index in [1.807, 2.05) is 57.2 Å². The minimum absolute atomic E-state index is 0.416. The molecule has 0 fully saturated rings. The molecule has 0 amide bonds. The van der Waals surface area contributed by atoms with Gasteiger partial charge in [0.05, 0.1) is 13.2 Å². The van der Waals surface area contributed by atoms with E-state index in [1.165, 1.54) is 6.08 Å². The van der Waals surface area contributed by atoms with Crippen molar-refractivity contribution in [1.82, 2.24) is 0 Å². The second-order valence-corrected chi connectivity index (χ2v) is 6.42. The van der Waals surface area contributed by atoms with Crippen molar-refractivity contribution in [3.05, 3.63) is 59.2 Å². The van der Waals surface area contributed by atoms with Crippen LogP contribution in [0.1, 0.15) is 43.4 Å². The minimum Gasteiger partial charge on any atom is -0.490 e. The van der Waals surface area contributed by atoms with Gasteiger partial charge in [-0.1, -0.05) is 25.5 Å². The summed E-state index contributed by atoms with van der Waals surface area (Å²) in [6, 6.07) is 11.3. The molecule has 0 aliphatic rings. The lowest BCUT2D eigenvalue weighted by molar-refractivity contribution is -0.128. The van der Waals surface area contributed by atoms with Crippen molar-refractivity contribution < 1.29 is 19.0 Å². The van der Waals surface area contributed by atoms with Gasteiger partial charge in [0.15, 0.2) is 11.5 Å². The van der Waals surface area contributed by atoms with E-state index >= 15 is 0 Å². The Morgan fingerprint density at radius 3 is 2.37 bits per heavy atom. The van der Waals surface area contributed by atoms with Crippen LogP contribution in [0.5, 0.6) is 17.2 Å². The Labute approximate surface area is 161 Å². The second-order valence-electron chi connectivity index (χ2n) is 6.42. The number of esters is 1. The molecule has 0 bridgehead atoms. The molecule has 2 rings (SSSR count). The van der Waals surface area contributed by atoms with Crippen LogP contribution in [0.2, 0.25) is 0 Å². The average molecular weight is 368 g/mol. The molecule has 0 spiro atoms. The van der Waals surface area contributed by atoms with Crippen LogP contribution in [-0.2, 0) is 4.79 Å². The Morgan fingerprint density at radius 1 is 0.963 bits per heavy atom. The van der Waals surface area contributed by atoms with E-state index in [0.29, 0.717) is 24.7 Å². The van der Waals surface area contributed by atoms with E-state index in [0.717, 1.165) is 35.3 Å². The van der Waals surface area contributed by atoms with Crippen molar-refractivity contribution in [2.75, 3.05) is 13.2 Å². The van der Waals surface area contributed by atoms with E-state index in [-0.39, 0.29) is 0 Å². The number of rotatable bonds is 9. The molecule has 0 saturated heterocycles. The van der Waals surface area contributed by atoms with Crippen LogP contribution in [0, 0.1) is 13.8 Å². The number of ether oxygens (including phenoxy) is 3.